The summed E-state index contributed by atoms with van der Waals surface area (Å²) in [5.41, 5.74) is 1.50. The maximum Gasteiger partial charge on any atom is 0.307 e. The number of fused-ring (bicyclic) bond motifs is 1. The molecule has 17 heavy (non-hydrogen) atoms. The Hall–Kier alpha value is -2.10. The lowest BCUT2D eigenvalue weighted by molar-refractivity contribution is -0.140. The highest BCUT2D eigenvalue weighted by Gasteiger charge is 2.07. The molecule has 4 heteroatoms. The van der Waals surface area contributed by atoms with Gasteiger partial charge in [0.25, 0.3) is 0 Å². The van der Waals surface area contributed by atoms with E-state index < -0.39 is 0 Å². The molecule has 0 fully saturated rings. The molecule has 1 aromatic carbocycles. The fraction of sp³-hybridized carbons (Fsp3) is 0.231. The van der Waals surface area contributed by atoms with Gasteiger partial charge < -0.3 is 9.30 Å². The van der Waals surface area contributed by atoms with E-state index in [1.807, 2.05) is 29.0 Å². The molecule has 0 N–H and O–H groups in total. The molecule has 0 bridgehead atoms. The van der Waals surface area contributed by atoms with Gasteiger partial charge in [-0.15, -0.1) is 0 Å². The lowest BCUT2D eigenvalue weighted by Gasteiger charge is -2.05. The van der Waals surface area contributed by atoms with Gasteiger partial charge >= 0.3 is 5.97 Å². The van der Waals surface area contributed by atoms with Crippen molar-refractivity contribution in [2.24, 2.45) is 0 Å². The predicted molar refractivity (Wildman–Crippen MR) is 64.0 cm³/mol. The number of hydrogen-bond acceptors (Lipinski definition) is 3. The summed E-state index contributed by atoms with van der Waals surface area (Å²) in [4.78, 5) is 22.1. The first-order chi connectivity index (χ1) is 8.26. The Morgan fingerprint density at radius 2 is 2.24 bits per heavy atom. The molecule has 2 aromatic rings. The Kier molecular flexibility index (Phi) is 3.23. The maximum absolute atomic E-state index is 11.1. The van der Waals surface area contributed by atoms with Gasteiger partial charge in [0, 0.05) is 23.7 Å². The van der Waals surface area contributed by atoms with Gasteiger partial charge in [0.15, 0.2) is 6.29 Å². The number of hydrogen-bond donors (Lipinski definition) is 0. The Labute approximate surface area is 98.8 Å². The van der Waals surface area contributed by atoms with E-state index in [1.165, 1.54) is 7.11 Å². The Morgan fingerprint density at radius 3 is 2.94 bits per heavy atom. The molecule has 0 aliphatic heterocycles. The molecular weight excluding hydrogens is 218 g/mol. The Bertz CT molecular complexity index is 557. The van der Waals surface area contributed by atoms with Crippen LogP contribution >= 0.6 is 0 Å². The molecular formula is C13H13NO3. The van der Waals surface area contributed by atoms with Gasteiger partial charge in [-0.1, -0.05) is 12.1 Å². The van der Waals surface area contributed by atoms with Gasteiger partial charge in [-0.25, -0.2) is 0 Å². The second kappa shape index (κ2) is 4.82. The van der Waals surface area contributed by atoms with Crippen molar-refractivity contribution in [1.29, 1.82) is 0 Å². The number of esters is 1. The SMILES string of the molecule is COC(=O)CCn1ccc2cccc(C=O)c21. The highest BCUT2D eigenvalue weighted by Crippen LogP contribution is 2.19. The van der Waals surface area contributed by atoms with Gasteiger partial charge in [-0.2, -0.15) is 0 Å². The third kappa shape index (κ3) is 2.20. The number of benzene rings is 1. The van der Waals surface area contributed by atoms with Crippen LogP contribution < -0.4 is 0 Å². The second-order valence-electron chi connectivity index (χ2n) is 3.74. The van der Waals surface area contributed by atoms with Crippen molar-refractivity contribution in [1.82, 2.24) is 4.57 Å². The highest BCUT2D eigenvalue weighted by atomic mass is 16.5. The minimum absolute atomic E-state index is 0.254. The Morgan fingerprint density at radius 1 is 1.41 bits per heavy atom. The number of aromatic nitrogens is 1. The minimum atomic E-state index is -0.254. The number of aldehydes is 1. The number of methoxy groups -OCH3 is 1. The molecule has 4 nitrogen and oxygen atoms in total. The molecule has 0 saturated heterocycles. The number of carbonyl (C=O) groups excluding carboxylic acids is 2. The van der Waals surface area contributed by atoms with Crippen molar-refractivity contribution in [3.8, 4) is 0 Å². The first-order valence-corrected chi connectivity index (χ1v) is 5.36. The molecule has 1 heterocycles. The maximum atomic E-state index is 11.1. The summed E-state index contributed by atoms with van der Waals surface area (Å²) in [6.45, 7) is 0.515. The standard InChI is InChI=1S/C13H13NO3/c1-17-12(16)6-8-14-7-5-10-3-2-4-11(9-15)13(10)14/h2-5,7,9H,6,8H2,1H3. The second-order valence-corrected chi connectivity index (χ2v) is 3.74. The fourth-order valence-corrected chi connectivity index (χ4v) is 1.89. The third-order valence-electron chi connectivity index (χ3n) is 2.73. The van der Waals surface area contributed by atoms with Crippen LogP contribution in [0.5, 0.6) is 0 Å². The van der Waals surface area contributed by atoms with Crippen LogP contribution in [0.3, 0.4) is 0 Å². The van der Waals surface area contributed by atoms with Crippen LogP contribution in [0.1, 0.15) is 16.8 Å². The van der Waals surface area contributed by atoms with Crippen molar-refractivity contribution in [3.63, 3.8) is 0 Å². The summed E-state index contributed by atoms with van der Waals surface area (Å²) < 4.78 is 6.49. The van der Waals surface area contributed by atoms with E-state index in [1.54, 1.807) is 6.07 Å². The fourth-order valence-electron chi connectivity index (χ4n) is 1.89. The molecule has 2 rings (SSSR count). The number of carbonyl (C=O) groups is 2. The van der Waals surface area contributed by atoms with Crippen molar-refractivity contribution in [2.75, 3.05) is 7.11 Å². The van der Waals surface area contributed by atoms with Crippen molar-refractivity contribution in [3.05, 3.63) is 36.0 Å². The molecule has 0 amide bonds. The molecule has 88 valence electrons. The molecule has 1 aromatic heterocycles. The summed E-state index contributed by atoms with van der Waals surface area (Å²) in [6, 6.07) is 7.48. The number of rotatable bonds is 4. The normalized spacial score (nSPS) is 10.4. The summed E-state index contributed by atoms with van der Waals surface area (Å²) in [7, 11) is 1.37. The zero-order chi connectivity index (χ0) is 12.3. The minimum Gasteiger partial charge on any atom is -0.469 e. The number of ether oxygens (including phenoxy) is 1. The monoisotopic (exact) mass is 231 g/mol. The summed E-state index contributed by atoms with van der Waals surface area (Å²) in [6.07, 6.45) is 3.01. The topological polar surface area (TPSA) is 48.3 Å². The van der Waals surface area contributed by atoms with Gasteiger partial charge in [-0.3, -0.25) is 9.59 Å². The van der Waals surface area contributed by atoms with E-state index in [4.69, 9.17) is 0 Å². The molecule has 0 atom stereocenters. The largest absolute Gasteiger partial charge is 0.469 e. The zero-order valence-corrected chi connectivity index (χ0v) is 9.55. The van der Waals surface area contributed by atoms with E-state index in [0.717, 1.165) is 17.2 Å². The van der Waals surface area contributed by atoms with Crippen molar-refractivity contribution < 1.29 is 14.3 Å². The average Bonchev–Trinajstić information content (AvgIpc) is 2.79. The molecule has 0 aliphatic rings. The van der Waals surface area contributed by atoms with Crippen LogP contribution in [0.2, 0.25) is 0 Å². The van der Waals surface area contributed by atoms with Crippen LogP contribution in [0.15, 0.2) is 30.5 Å². The molecule has 0 unspecified atom stereocenters. The number of nitrogens with zero attached hydrogens (tertiary/aromatic N) is 1. The molecule has 0 saturated carbocycles. The van der Waals surface area contributed by atoms with Crippen LogP contribution in [-0.2, 0) is 16.1 Å². The molecule has 0 aliphatic carbocycles. The average molecular weight is 231 g/mol. The molecule has 0 spiro atoms. The predicted octanol–water partition coefficient (Wildman–Crippen LogP) is 2.02. The van der Waals surface area contributed by atoms with Crippen molar-refractivity contribution in [2.45, 2.75) is 13.0 Å². The van der Waals surface area contributed by atoms with Crippen LogP contribution in [0.25, 0.3) is 10.9 Å². The lowest BCUT2D eigenvalue weighted by atomic mass is 10.1. The van der Waals surface area contributed by atoms with Crippen molar-refractivity contribution >= 4 is 23.2 Å². The molecule has 0 radical (unpaired) electrons. The zero-order valence-electron chi connectivity index (χ0n) is 9.55. The first-order valence-electron chi connectivity index (χ1n) is 5.36. The van der Waals surface area contributed by atoms with E-state index >= 15 is 0 Å². The summed E-state index contributed by atoms with van der Waals surface area (Å²) in [5, 5.41) is 1.000. The first kappa shape index (κ1) is 11.4. The summed E-state index contributed by atoms with van der Waals surface area (Å²) >= 11 is 0. The van der Waals surface area contributed by atoms with Gasteiger partial charge in [0.1, 0.15) is 0 Å². The third-order valence-corrected chi connectivity index (χ3v) is 2.73. The number of para-hydroxylation sites is 1. The van der Waals surface area contributed by atoms with Crippen LogP contribution in [0.4, 0.5) is 0 Å². The van der Waals surface area contributed by atoms with Gasteiger partial charge in [0.05, 0.1) is 19.0 Å². The van der Waals surface area contributed by atoms with E-state index in [-0.39, 0.29) is 5.97 Å². The van der Waals surface area contributed by atoms with E-state index in [2.05, 4.69) is 4.74 Å². The summed E-state index contributed by atoms with van der Waals surface area (Å²) in [5.74, 6) is -0.254. The van der Waals surface area contributed by atoms with E-state index in [0.29, 0.717) is 18.5 Å². The quantitative estimate of drug-likeness (QED) is 0.597. The van der Waals surface area contributed by atoms with Crippen LogP contribution in [-0.4, -0.2) is 23.9 Å². The highest BCUT2D eigenvalue weighted by molar-refractivity contribution is 5.96. The smallest absolute Gasteiger partial charge is 0.307 e. The van der Waals surface area contributed by atoms with Gasteiger partial charge in [-0.05, 0) is 12.1 Å². The van der Waals surface area contributed by atoms with Crippen LogP contribution in [0, 0.1) is 0 Å². The Balaban J connectivity index is 2.34. The van der Waals surface area contributed by atoms with Gasteiger partial charge in [0.2, 0.25) is 0 Å². The number of aryl methyl sites for hydroxylation is 1. The lowest BCUT2D eigenvalue weighted by Crippen LogP contribution is -2.06. The van der Waals surface area contributed by atoms with E-state index in [9.17, 15) is 9.59 Å².